The van der Waals surface area contributed by atoms with Gasteiger partial charge in [-0.05, 0) is 61.2 Å². The number of aliphatic hydroxyl groups excluding tert-OH is 2. The maximum atomic E-state index is 10.2. The molecule has 0 aliphatic carbocycles. The van der Waals surface area contributed by atoms with E-state index in [9.17, 15) is 15.3 Å². The van der Waals surface area contributed by atoms with Gasteiger partial charge in [0.2, 0.25) is 0 Å². The van der Waals surface area contributed by atoms with Crippen LogP contribution in [0, 0.1) is 0 Å². The van der Waals surface area contributed by atoms with Gasteiger partial charge in [-0.15, -0.1) is 0 Å². The number of rotatable bonds is 6. The zero-order valence-electron chi connectivity index (χ0n) is 13.8. The molecule has 2 rings (SSSR count). The molecule has 0 aliphatic heterocycles. The number of phenolic OH excluding ortho intramolecular Hbond substituents is 1. The minimum absolute atomic E-state index is 0.188. The van der Waals surface area contributed by atoms with Crippen LogP contribution in [0.1, 0.15) is 25.0 Å². The van der Waals surface area contributed by atoms with Crippen LogP contribution in [-0.4, -0.2) is 34.6 Å². The minimum atomic E-state index is -0.477. The van der Waals surface area contributed by atoms with Crippen LogP contribution < -0.4 is 4.74 Å². The van der Waals surface area contributed by atoms with Gasteiger partial charge in [0.05, 0.1) is 19.3 Å². The predicted octanol–water partition coefficient (Wildman–Crippen LogP) is 2.91. The lowest BCUT2D eigenvalue weighted by Gasteiger charge is -2.14. The molecule has 2 aromatic carbocycles. The van der Waals surface area contributed by atoms with Gasteiger partial charge in [-0.1, -0.05) is 12.1 Å². The second-order valence-corrected chi connectivity index (χ2v) is 5.98. The molecule has 0 fully saturated rings. The van der Waals surface area contributed by atoms with E-state index in [2.05, 4.69) is 0 Å². The summed E-state index contributed by atoms with van der Waals surface area (Å²) in [6.07, 6.45) is 0.0955. The standard InChI is InChI=1S/C19H24O4/c1-12(20)8-14-4-6-18(22)17(10-14)15-5-7-19(23-3)16(11-15)9-13(2)21/h4-7,10-13,20-22H,8-9H2,1-3H3/t12-,13+/m0/s1. The molecule has 23 heavy (non-hydrogen) atoms. The zero-order valence-corrected chi connectivity index (χ0v) is 13.8. The van der Waals surface area contributed by atoms with Crippen molar-refractivity contribution in [2.45, 2.75) is 38.9 Å². The molecule has 124 valence electrons. The Morgan fingerprint density at radius 3 is 2.26 bits per heavy atom. The van der Waals surface area contributed by atoms with Crippen LogP contribution in [0.15, 0.2) is 36.4 Å². The van der Waals surface area contributed by atoms with Crippen molar-refractivity contribution in [1.29, 1.82) is 0 Å². The van der Waals surface area contributed by atoms with Crippen LogP contribution in [0.2, 0.25) is 0 Å². The first-order chi connectivity index (χ1) is 10.9. The van der Waals surface area contributed by atoms with E-state index in [1.807, 2.05) is 30.3 Å². The number of hydrogen-bond donors (Lipinski definition) is 3. The number of benzene rings is 2. The second kappa shape index (κ2) is 7.49. The molecule has 0 saturated carbocycles. The summed E-state index contributed by atoms with van der Waals surface area (Å²) in [6.45, 7) is 3.47. The van der Waals surface area contributed by atoms with Crippen LogP contribution >= 0.6 is 0 Å². The Balaban J connectivity index is 2.44. The average molecular weight is 316 g/mol. The summed E-state index contributed by atoms with van der Waals surface area (Å²) in [6, 6.07) is 11.0. The summed E-state index contributed by atoms with van der Waals surface area (Å²) in [5.41, 5.74) is 3.41. The molecule has 0 aliphatic rings. The van der Waals surface area contributed by atoms with Crippen molar-refractivity contribution in [3.8, 4) is 22.6 Å². The van der Waals surface area contributed by atoms with Crippen LogP contribution in [0.4, 0.5) is 0 Å². The number of aliphatic hydroxyl groups is 2. The maximum Gasteiger partial charge on any atom is 0.123 e. The molecule has 0 saturated heterocycles. The maximum absolute atomic E-state index is 10.2. The second-order valence-electron chi connectivity index (χ2n) is 5.98. The molecule has 0 amide bonds. The molecule has 4 heteroatoms. The van der Waals surface area contributed by atoms with E-state index < -0.39 is 12.2 Å². The lowest BCUT2D eigenvalue weighted by atomic mass is 9.96. The lowest BCUT2D eigenvalue weighted by Crippen LogP contribution is -2.06. The van der Waals surface area contributed by atoms with Gasteiger partial charge in [0, 0.05) is 12.0 Å². The Hall–Kier alpha value is -2.04. The van der Waals surface area contributed by atoms with Gasteiger partial charge in [-0.3, -0.25) is 0 Å². The molecule has 0 spiro atoms. The van der Waals surface area contributed by atoms with E-state index in [4.69, 9.17) is 4.74 Å². The fourth-order valence-electron chi connectivity index (χ4n) is 2.71. The van der Waals surface area contributed by atoms with Crippen molar-refractivity contribution in [1.82, 2.24) is 0 Å². The Bertz CT molecular complexity index is 662. The Morgan fingerprint density at radius 2 is 1.65 bits per heavy atom. The van der Waals surface area contributed by atoms with Crippen LogP contribution in [0.5, 0.6) is 11.5 Å². The highest BCUT2D eigenvalue weighted by Gasteiger charge is 2.12. The van der Waals surface area contributed by atoms with Gasteiger partial charge in [0.1, 0.15) is 11.5 Å². The van der Waals surface area contributed by atoms with Crippen molar-refractivity contribution in [3.05, 3.63) is 47.5 Å². The van der Waals surface area contributed by atoms with E-state index >= 15 is 0 Å². The largest absolute Gasteiger partial charge is 0.507 e. The summed E-state index contributed by atoms with van der Waals surface area (Å²) in [4.78, 5) is 0. The molecule has 2 aromatic rings. The normalized spacial score (nSPS) is 13.6. The summed E-state index contributed by atoms with van der Waals surface area (Å²) in [5, 5.41) is 29.4. The van der Waals surface area contributed by atoms with E-state index in [0.717, 1.165) is 16.7 Å². The SMILES string of the molecule is COc1ccc(-c2cc(C[C@H](C)O)ccc2O)cc1C[C@@H](C)O. The summed E-state index contributed by atoms with van der Waals surface area (Å²) in [7, 11) is 1.60. The fourth-order valence-corrected chi connectivity index (χ4v) is 2.71. The van der Waals surface area contributed by atoms with Gasteiger partial charge in [-0.25, -0.2) is 0 Å². The Kier molecular flexibility index (Phi) is 5.64. The highest BCUT2D eigenvalue weighted by atomic mass is 16.5. The van der Waals surface area contributed by atoms with E-state index in [-0.39, 0.29) is 5.75 Å². The Labute approximate surface area is 137 Å². The number of methoxy groups -OCH3 is 1. The smallest absolute Gasteiger partial charge is 0.123 e. The molecule has 0 heterocycles. The third kappa shape index (κ3) is 4.47. The predicted molar refractivity (Wildman–Crippen MR) is 90.9 cm³/mol. The molecular formula is C19H24O4. The van der Waals surface area contributed by atoms with E-state index in [1.54, 1.807) is 27.0 Å². The van der Waals surface area contributed by atoms with Gasteiger partial charge < -0.3 is 20.1 Å². The average Bonchev–Trinajstić information content (AvgIpc) is 2.48. The molecule has 4 nitrogen and oxygen atoms in total. The molecule has 3 N–H and O–H groups in total. The third-order valence-electron chi connectivity index (χ3n) is 3.70. The van der Waals surface area contributed by atoms with Crippen molar-refractivity contribution < 1.29 is 20.1 Å². The fraction of sp³-hybridized carbons (Fsp3) is 0.368. The van der Waals surface area contributed by atoms with Gasteiger partial charge in [-0.2, -0.15) is 0 Å². The summed E-state index contributed by atoms with van der Waals surface area (Å²) >= 11 is 0. The van der Waals surface area contributed by atoms with E-state index in [1.165, 1.54) is 0 Å². The van der Waals surface area contributed by atoms with E-state index in [0.29, 0.717) is 24.2 Å². The minimum Gasteiger partial charge on any atom is -0.507 e. The van der Waals surface area contributed by atoms with Crippen molar-refractivity contribution in [3.63, 3.8) is 0 Å². The monoisotopic (exact) mass is 316 g/mol. The summed E-state index contributed by atoms with van der Waals surface area (Å²) in [5.74, 6) is 0.904. The van der Waals surface area contributed by atoms with Gasteiger partial charge >= 0.3 is 0 Å². The number of phenols is 1. The first-order valence-corrected chi connectivity index (χ1v) is 7.76. The topological polar surface area (TPSA) is 69.9 Å². The highest BCUT2D eigenvalue weighted by Crippen LogP contribution is 2.33. The van der Waals surface area contributed by atoms with Crippen molar-refractivity contribution in [2.75, 3.05) is 7.11 Å². The number of hydrogen-bond acceptors (Lipinski definition) is 4. The third-order valence-corrected chi connectivity index (χ3v) is 3.70. The lowest BCUT2D eigenvalue weighted by molar-refractivity contribution is 0.194. The zero-order chi connectivity index (χ0) is 17.0. The molecule has 0 aromatic heterocycles. The first-order valence-electron chi connectivity index (χ1n) is 7.76. The highest BCUT2D eigenvalue weighted by molar-refractivity contribution is 5.72. The van der Waals surface area contributed by atoms with Crippen molar-refractivity contribution in [2.24, 2.45) is 0 Å². The molecule has 0 bridgehead atoms. The molecule has 2 atom stereocenters. The van der Waals surface area contributed by atoms with Gasteiger partial charge in [0.15, 0.2) is 0 Å². The number of ether oxygens (including phenoxy) is 1. The van der Waals surface area contributed by atoms with Gasteiger partial charge in [0.25, 0.3) is 0 Å². The van der Waals surface area contributed by atoms with Crippen LogP contribution in [0.25, 0.3) is 11.1 Å². The molecule has 0 unspecified atom stereocenters. The number of aromatic hydroxyl groups is 1. The molecule has 0 radical (unpaired) electrons. The van der Waals surface area contributed by atoms with Crippen molar-refractivity contribution >= 4 is 0 Å². The van der Waals surface area contributed by atoms with Crippen LogP contribution in [-0.2, 0) is 12.8 Å². The first kappa shape index (κ1) is 17.3. The quantitative estimate of drug-likeness (QED) is 0.766. The summed E-state index contributed by atoms with van der Waals surface area (Å²) < 4.78 is 5.34. The van der Waals surface area contributed by atoms with Crippen LogP contribution in [0.3, 0.4) is 0 Å². The Morgan fingerprint density at radius 1 is 0.957 bits per heavy atom. The molecular weight excluding hydrogens is 292 g/mol.